The highest BCUT2D eigenvalue weighted by atomic mass is 35.5. The Balaban J connectivity index is 1.11. The van der Waals surface area contributed by atoms with Crippen molar-refractivity contribution in [1.82, 2.24) is 25.8 Å². The van der Waals surface area contributed by atoms with Crippen molar-refractivity contribution in [3.8, 4) is 0 Å². The van der Waals surface area contributed by atoms with Gasteiger partial charge in [-0.2, -0.15) is 0 Å². The van der Waals surface area contributed by atoms with E-state index in [-0.39, 0.29) is 0 Å². The van der Waals surface area contributed by atoms with Crippen LogP contribution in [-0.2, 0) is 6.42 Å². The number of allylic oxidation sites excluding steroid dienone is 2. The standard InChI is InChI=1S/C32H46Cl2N6/c1-20-17-40(12-10-35-20)31(38-29-14-24-13-27(21(29)2)32(24,3)4)37-26-8-6-23-18-39(19-36-30(23)16-26)11-9-22-5-7-25(33)15-28(22)34/h5,7-8,15-16,20-21,23-24,27,29,35-36H,6,9-14,17-19H2,1-4H3,(H,37,38)/t20-,21-,23?,24+,27-,29-/m0/s1. The molecule has 7 rings (SSSR count). The molecule has 6 nitrogen and oxygen atoms in total. The van der Waals surface area contributed by atoms with E-state index in [9.17, 15) is 0 Å². The number of hydrogen-bond acceptors (Lipinski definition) is 4. The third kappa shape index (κ3) is 5.79. The van der Waals surface area contributed by atoms with Gasteiger partial charge in [-0.3, -0.25) is 4.90 Å². The topological polar surface area (TPSA) is 54.9 Å². The first kappa shape index (κ1) is 28.4. The molecule has 5 fully saturated rings. The van der Waals surface area contributed by atoms with Crippen LogP contribution in [0.1, 0.15) is 52.5 Å². The number of benzene rings is 1. The first-order chi connectivity index (χ1) is 19.2. The average molecular weight is 586 g/mol. The first-order valence-electron chi connectivity index (χ1n) is 15.3. The molecule has 2 aliphatic heterocycles. The Morgan fingerprint density at radius 2 is 2.02 bits per heavy atom. The molecule has 1 unspecified atom stereocenters. The van der Waals surface area contributed by atoms with Gasteiger partial charge in [-0.05, 0) is 79.5 Å². The van der Waals surface area contributed by atoms with Gasteiger partial charge in [0.1, 0.15) is 0 Å². The fourth-order valence-corrected chi connectivity index (χ4v) is 8.35. The van der Waals surface area contributed by atoms with Crippen LogP contribution in [-0.4, -0.2) is 67.2 Å². The van der Waals surface area contributed by atoms with E-state index in [1.165, 1.54) is 24.2 Å². The fourth-order valence-electron chi connectivity index (χ4n) is 7.85. The van der Waals surface area contributed by atoms with E-state index in [1.807, 2.05) is 18.2 Å². The second-order valence-corrected chi connectivity index (χ2v) is 14.3. The van der Waals surface area contributed by atoms with E-state index in [4.69, 9.17) is 28.2 Å². The summed E-state index contributed by atoms with van der Waals surface area (Å²) in [5.74, 6) is 3.81. The van der Waals surface area contributed by atoms with Crippen molar-refractivity contribution in [2.75, 3.05) is 39.4 Å². The Kier molecular flexibility index (Phi) is 8.17. The molecule has 4 aliphatic carbocycles. The lowest BCUT2D eigenvalue weighted by atomic mass is 9.45. The molecule has 3 saturated carbocycles. The SMILES string of the molecule is C[C@@H]1[C@@H](N=C(NC2=CCC3CN(CCc4ccc(Cl)cc4Cl)CNC3=C2)N2CCN[C@@H](C)C2)C[C@H]2C[C@@H]1C2(C)C. The van der Waals surface area contributed by atoms with Crippen LogP contribution in [0.5, 0.6) is 0 Å². The molecule has 218 valence electrons. The zero-order chi connectivity index (χ0) is 28.0. The van der Waals surface area contributed by atoms with Crippen molar-refractivity contribution >= 4 is 29.2 Å². The van der Waals surface area contributed by atoms with Gasteiger partial charge in [0.25, 0.3) is 0 Å². The van der Waals surface area contributed by atoms with Crippen molar-refractivity contribution < 1.29 is 0 Å². The smallest absolute Gasteiger partial charge is 0.198 e. The van der Waals surface area contributed by atoms with Crippen molar-refractivity contribution in [2.45, 2.75) is 65.5 Å². The third-order valence-electron chi connectivity index (χ3n) is 10.6. The molecule has 0 amide bonds. The van der Waals surface area contributed by atoms with Gasteiger partial charge in [-0.25, -0.2) is 4.99 Å². The molecule has 2 saturated heterocycles. The maximum Gasteiger partial charge on any atom is 0.198 e. The van der Waals surface area contributed by atoms with Crippen molar-refractivity contribution in [3.05, 3.63) is 57.4 Å². The number of nitrogens with zero attached hydrogens (tertiary/aromatic N) is 3. The first-order valence-corrected chi connectivity index (χ1v) is 16.1. The maximum absolute atomic E-state index is 6.41. The fraction of sp³-hybridized carbons (Fsp3) is 0.656. The summed E-state index contributed by atoms with van der Waals surface area (Å²) in [4.78, 5) is 10.4. The molecule has 8 heteroatoms. The minimum atomic E-state index is 0.407. The molecular weight excluding hydrogens is 539 g/mol. The quantitative estimate of drug-likeness (QED) is 0.315. The molecule has 1 aromatic rings. The molecule has 2 heterocycles. The lowest BCUT2D eigenvalue weighted by molar-refractivity contribution is -0.108. The van der Waals surface area contributed by atoms with Gasteiger partial charge in [-0.1, -0.05) is 56.1 Å². The molecule has 0 radical (unpaired) electrons. The van der Waals surface area contributed by atoms with Crippen LogP contribution in [0.25, 0.3) is 0 Å². The van der Waals surface area contributed by atoms with Gasteiger partial charge in [0.2, 0.25) is 0 Å². The largest absolute Gasteiger partial charge is 0.375 e. The highest BCUT2D eigenvalue weighted by molar-refractivity contribution is 6.35. The van der Waals surface area contributed by atoms with E-state index in [0.717, 1.165) is 80.6 Å². The zero-order valence-corrected chi connectivity index (χ0v) is 26.0. The van der Waals surface area contributed by atoms with Gasteiger partial charge in [0, 0.05) is 66.1 Å². The monoisotopic (exact) mass is 584 g/mol. The summed E-state index contributed by atoms with van der Waals surface area (Å²) < 4.78 is 0. The minimum Gasteiger partial charge on any atom is -0.375 e. The second kappa shape index (κ2) is 11.5. The summed E-state index contributed by atoms with van der Waals surface area (Å²) >= 11 is 12.5. The van der Waals surface area contributed by atoms with E-state index >= 15 is 0 Å². The van der Waals surface area contributed by atoms with Crippen molar-refractivity contribution in [2.24, 2.45) is 34.1 Å². The number of hydrogen-bond donors (Lipinski definition) is 3. The lowest BCUT2D eigenvalue weighted by Gasteiger charge is -2.61. The van der Waals surface area contributed by atoms with Crippen LogP contribution in [0.2, 0.25) is 10.0 Å². The lowest BCUT2D eigenvalue weighted by Crippen LogP contribution is -2.58. The summed E-state index contributed by atoms with van der Waals surface area (Å²) in [7, 11) is 0. The Bertz CT molecular complexity index is 1190. The second-order valence-electron chi connectivity index (χ2n) is 13.5. The predicted octanol–water partition coefficient (Wildman–Crippen LogP) is 5.50. The number of aliphatic imine (C=N–C) groups is 1. The molecule has 3 N–H and O–H groups in total. The zero-order valence-electron chi connectivity index (χ0n) is 24.5. The highest BCUT2D eigenvalue weighted by Crippen LogP contribution is 2.61. The summed E-state index contributed by atoms with van der Waals surface area (Å²) in [6, 6.07) is 6.68. The summed E-state index contributed by atoms with van der Waals surface area (Å²) in [5.41, 5.74) is 4.16. The highest BCUT2D eigenvalue weighted by Gasteiger charge is 2.56. The van der Waals surface area contributed by atoms with E-state index in [1.54, 1.807) is 0 Å². The van der Waals surface area contributed by atoms with Crippen LogP contribution < -0.4 is 16.0 Å². The number of piperazine rings is 1. The molecule has 0 spiro atoms. The third-order valence-corrected chi connectivity index (χ3v) is 11.2. The van der Waals surface area contributed by atoms with Gasteiger partial charge < -0.3 is 20.9 Å². The Morgan fingerprint density at radius 3 is 2.77 bits per heavy atom. The van der Waals surface area contributed by atoms with Crippen LogP contribution in [0.3, 0.4) is 0 Å². The average Bonchev–Trinajstić information content (AvgIpc) is 2.92. The van der Waals surface area contributed by atoms with Gasteiger partial charge >= 0.3 is 0 Å². The van der Waals surface area contributed by atoms with Crippen molar-refractivity contribution in [1.29, 1.82) is 0 Å². The molecule has 6 atom stereocenters. The number of halogens is 2. The van der Waals surface area contributed by atoms with Crippen LogP contribution in [0.15, 0.2) is 46.7 Å². The molecule has 6 aliphatic rings. The Morgan fingerprint density at radius 1 is 1.18 bits per heavy atom. The normalized spacial score (nSPS) is 33.8. The van der Waals surface area contributed by atoms with Crippen LogP contribution >= 0.6 is 23.2 Å². The summed E-state index contributed by atoms with van der Waals surface area (Å²) in [6.07, 6.45) is 9.27. The summed E-state index contributed by atoms with van der Waals surface area (Å²) in [5, 5.41) is 12.6. The summed E-state index contributed by atoms with van der Waals surface area (Å²) in [6.45, 7) is 15.5. The number of fused-ring (bicyclic) bond motifs is 3. The van der Waals surface area contributed by atoms with Gasteiger partial charge in [-0.15, -0.1) is 0 Å². The van der Waals surface area contributed by atoms with E-state index in [2.05, 4.69) is 65.6 Å². The van der Waals surface area contributed by atoms with E-state index < -0.39 is 0 Å². The molecular formula is C32H46Cl2N6. The van der Waals surface area contributed by atoms with Crippen molar-refractivity contribution in [3.63, 3.8) is 0 Å². The number of nitrogens with one attached hydrogen (secondary N) is 3. The Hall–Kier alpha value is -1.73. The van der Waals surface area contributed by atoms with Crippen LogP contribution in [0.4, 0.5) is 0 Å². The molecule has 2 bridgehead atoms. The maximum atomic E-state index is 6.41. The predicted molar refractivity (Wildman–Crippen MR) is 167 cm³/mol. The van der Waals surface area contributed by atoms with Crippen LogP contribution in [0, 0.1) is 29.1 Å². The number of guanidine groups is 1. The molecule has 1 aromatic carbocycles. The minimum absolute atomic E-state index is 0.407. The molecule has 0 aromatic heterocycles. The van der Waals surface area contributed by atoms with Gasteiger partial charge in [0.15, 0.2) is 5.96 Å². The van der Waals surface area contributed by atoms with Gasteiger partial charge in [0.05, 0.1) is 12.7 Å². The Labute approximate surface area is 250 Å². The van der Waals surface area contributed by atoms with E-state index in [0.29, 0.717) is 34.4 Å². The number of rotatable bonds is 5. The molecule has 40 heavy (non-hydrogen) atoms.